The van der Waals surface area contributed by atoms with Crippen LogP contribution in [0.1, 0.15) is 20.9 Å². The van der Waals surface area contributed by atoms with Gasteiger partial charge in [0.1, 0.15) is 9.88 Å². The largest absolute Gasteiger partial charge is 0.278 e. The predicted octanol–water partition coefficient (Wildman–Crippen LogP) is 3.05. The fraction of sp³-hybridized carbons (Fsp3) is 0.111. The van der Waals surface area contributed by atoms with E-state index in [4.69, 9.17) is 0 Å². The summed E-state index contributed by atoms with van der Waals surface area (Å²) in [6.45, 7) is 3.58. The van der Waals surface area contributed by atoms with Crippen molar-refractivity contribution in [3.05, 3.63) is 70.7 Å². The van der Waals surface area contributed by atoms with Crippen LogP contribution in [-0.4, -0.2) is 19.3 Å². The number of thiazole rings is 1. The molecule has 0 spiro atoms. The molecule has 0 aliphatic heterocycles. The van der Waals surface area contributed by atoms with Crippen LogP contribution < -0.4 is 10.3 Å². The summed E-state index contributed by atoms with van der Waals surface area (Å²) >= 11 is 1.21. The molecule has 0 bridgehead atoms. The average Bonchev–Trinajstić information content (AvgIpc) is 3.03. The fourth-order valence-electron chi connectivity index (χ4n) is 2.26. The highest BCUT2D eigenvalue weighted by Crippen LogP contribution is 2.27. The van der Waals surface area contributed by atoms with Crippen molar-refractivity contribution in [2.24, 2.45) is 0 Å². The number of nitrogens with zero attached hydrogens (tertiary/aromatic N) is 1. The van der Waals surface area contributed by atoms with Gasteiger partial charge in [0.25, 0.3) is 15.9 Å². The van der Waals surface area contributed by atoms with Crippen molar-refractivity contribution < 1.29 is 13.2 Å². The third kappa shape index (κ3) is 3.98. The van der Waals surface area contributed by atoms with Crippen LogP contribution in [0.3, 0.4) is 0 Å². The summed E-state index contributed by atoms with van der Waals surface area (Å²) < 4.78 is 24.5. The number of nitrogens with one attached hydrogen (secondary N) is 2. The fourth-order valence-corrected chi connectivity index (χ4v) is 4.06. The lowest BCUT2D eigenvalue weighted by Gasteiger charge is -2.08. The van der Waals surface area contributed by atoms with Crippen molar-refractivity contribution >= 4 is 27.3 Å². The van der Waals surface area contributed by atoms with Crippen molar-refractivity contribution in [2.45, 2.75) is 18.7 Å². The molecule has 8 heteroatoms. The molecule has 0 saturated heterocycles. The van der Waals surface area contributed by atoms with Gasteiger partial charge in [0.2, 0.25) is 0 Å². The van der Waals surface area contributed by atoms with Gasteiger partial charge in [-0.1, -0.05) is 48.0 Å². The molecule has 26 heavy (non-hydrogen) atoms. The van der Waals surface area contributed by atoms with Gasteiger partial charge < -0.3 is 0 Å². The smallest absolute Gasteiger partial charge is 0.273 e. The number of carbonyl (C=O) groups is 1. The summed E-state index contributed by atoms with van der Waals surface area (Å²) in [6, 6.07) is 15.8. The Labute approximate surface area is 155 Å². The lowest BCUT2D eigenvalue weighted by molar-refractivity contribution is 0.0948. The molecule has 0 fully saturated rings. The molecule has 1 amide bonds. The molecule has 0 saturated carbocycles. The van der Waals surface area contributed by atoms with Crippen molar-refractivity contribution in [1.82, 2.24) is 15.2 Å². The number of sulfonamides is 1. The van der Waals surface area contributed by atoms with E-state index in [1.54, 1.807) is 19.1 Å². The van der Waals surface area contributed by atoms with E-state index in [0.29, 0.717) is 15.6 Å². The number of hydrogen-bond donors (Lipinski definition) is 2. The maximum absolute atomic E-state index is 12.4. The number of aromatic nitrogens is 1. The first-order valence-electron chi connectivity index (χ1n) is 7.78. The first-order chi connectivity index (χ1) is 12.4. The molecular formula is C18H17N3O3S2. The molecule has 0 unspecified atom stereocenters. The maximum Gasteiger partial charge on any atom is 0.278 e. The molecule has 6 nitrogen and oxygen atoms in total. The van der Waals surface area contributed by atoms with E-state index in [0.717, 1.165) is 11.1 Å². The van der Waals surface area contributed by atoms with Crippen LogP contribution in [0.2, 0.25) is 0 Å². The van der Waals surface area contributed by atoms with Gasteiger partial charge in [0, 0.05) is 5.56 Å². The lowest BCUT2D eigenvalue weighted by atomic mass is 10.2. The van der Waals surface area contributed by atoms with E-state index in [1.807, 2.05) is 37.3 Å². The van der Waals surface area contributed by atoms with Crippen LogP contribution in [0, 0.1) is 13.8 Å². The minimum Gasteiger partial charge on any atom is -0.273 e. The number of hydrogen-bond acceptors (Lipinski definition) is 5. The van der Waals surface area contributed by atoms with Crippen LogP contribution >= 0.6 is 11.3 Å². The molecule has 0 radical (unpaired) electrons. The van der Waals surface area contributed by atoms with E-state index in [9.17, 15) is 13.2 Å². The van der Waals surface area contributed by atoms with Gasteiger partial charge in [-0.2, -0.15) is 0 Å². The standard InChI is InChI=1S/C18H17N3O3S2/c1-12-8-10-15(11-9-12)26(23,24)21-20-17(22)16-13(2)19-18(25-16)14-6-4-3-5-7-14/h3-11,21H,1-2H3,(H,20,22). The molecular weight excluding hydrogens is 370 g/mol. The molecule has 1 heterocycles. The van der Waals surface area contributed by atoms with Crippen LogP contribution in [0.25, 0.3) is 10.6 Å². The molecule has 3 aromatic rings. The number of amides is 1. The average molecular weight is 387 g/mol. The maximum atomic E-state index is 12.4. The SMILES string of the molecule is Cc1ccc(S(=O)(=O)NNC(=O)c2sc(-c3ccccc3)nc2C)cc1. The summed E-state index contributed by atoms with van der Waals surface area (Å²) in [7, 11) is -3.84. The monoisotopic (exact) mass is 387 g/mol. The normalized spacial score (nSPS) is 11.3. The van der Waals surface area contributed by atoms with Crippen LogP contribution in [0.4, 0.5) is 0 Å². The third-order valence-electron chi connectivity index (χ3n) is 3.65. The summed E-state index contributed by atoms with van der Waals surface area (Å²) in [4.78, 5) is 19.3. The van der Waals surface area contributed by atoms with Crippen molar-refractivity contribution in [3.63, 3.8) is 0 Å². The summed E-state index contributed by atoms with van der Waals surface area (Å²) in [5, 5.41) is 0.703. The van der Waals surface area contributed by atoms with Gasteiger partial charge in [0.15, 0.2) is 0 Å². The second kappa shape index (κ2) is 7.36. The Balaban J connectivity index is 1.74. The molecule has 3 rings (SSSR count). The Kier molecular flexibility index (Phi) is 5.17. The highest BCUT2D eigenvalue weighted by molar-refractivity contribution is 7.89. The quantitative estimate of drug-likeness (QED) is 0.659. The third-order valence-corrected chi connectivity index (χ3v) is 6.12. The Morgan fingerprint density at radius 1 is 1.00 bits per heavy atom. The van der Waals surface area contributed by atoms with Crippen LogP contribution in [0.15, 0.2) is 59.5 Å². The second-order valence-corrected chi connectivity index (χ2v) is 8.35. The molecule has 0 aliphatic carbocycles. The number of carbonyl (C=O) groups excluding carboxylic acids is 1. The van der Waals surface area contributed by atoms with Crippen molar-refractivity contribution in [3.8, 4) is 10.6 Å². The highest BCUT2D eigenvalue weighted by atomic mass is 32.2. The Morgan fingerprint density at radius 2 is 1.65 bits per heavy atom. The first kappa shape index (κ1) is 18.2. The molecule has 0 atom stereocenters. The van der Waals surface area contributed by atoms with Gasteiger partial charge in [-0.15, -0.1) is 16.2 Å². The van der Waals surface area contributed by atoms with Crippen molar-refractivity contribution in [1.29, 1.82) is 0 Å². The van der Waals surface area contributed by atoms with Gasteiger partial charge in [-0.25, -0.2) is 13.4 Å². The Hall–Kier alpha value is -2.55. The zero-order valence-corrected chi connectivity index (χ0v) is 15.8. The van der Waals surface area contributed by atoms with Crippen LogP contribution in [-0.2, 0) is 10.0 Å². The van der Waals surface area contributed by atoms with Gasteiger partial charge in [-0.3, -0.25) is 10.2 Å². The van der Waals surface area contributed by atoms with Gasteiger partial charge >= 0.3 is 0 Å². The second-order valence-electron chi connectivity index (χ2n) is 5.67. The Morgan fingerprint density at radius 3 is 2.31 bits per heavy atom. The molecule has 1 aromatic heterocycles. The van der Waals surface area contributed by atoms with E-state index in [-0.39, 0.29) is 4.90 Å². The number of aryl methyl sites for hydroxylation is 2. The molecule has 2 N–H and O–H groups in total. The molecule has 134 valence electrons. The number of hydrazine groups is 1. The topological polar surface area (TPSA) is 88.2 Å². The van der Waals surface area contributed by atoms with E-state index in [2.05, 4.69) is 15.2 Å². The predicted molar refractivity (Wildman–Crippen MR) is 101 cm³/mol. The van der Waals surface area contributed by atoms with E-state index < -0.39 is 15.9 Å². The zero-order valence-electron chi connectivity index (χ0n) is 14.2. The first-order valence-corrected chi connectivity index (χ1v) is 10.1. The van der Waals surface area contributed by atoms with Crippen LogP contribution in [0.5, 0.6) is 0 Å². The molecule has 0 aliphatic rings. The van der Waals surface area contributed by atoms with Gasteiger partial charge in [0.05, 0.1) is 10.6 Å². The highest BCUT2D eigenvalue weighted by Gasteiger charge is 2.19. The van der Waals surface area contributed by atoms with Gasteiger partial charge in [-0.05, 0) is 26.0 Å². The summed E-state index contributed by atoms with van der Waals surface area (Å²) in [5.74, 6) is -0.544. The lowest BCUT2D eigenvalue weighted by Crippen LogP contribution is -2.41. The summed E-state index contributed by atoms with van der Waals surface area (Å²) in [6.07, 6.45) is 0. The number of rotatable bonds is 5. The molecule has 2 aromatic carbocycles. The van der Waals surface area contributed by atoms with E-state index >= 15 is 0 Å². The van der Waals surface area contributed by atoms with E-state index in [1.165, 1.54) is 23.5 Å². The van der Waals surface area contributed by atoms with Crippen molar-refractivity contribution in [2.75, 3.05) is 0 Å². The minimum absolute atomic E-state index is 0.0781. The Bertz CT molecular complexity index is 1030. The summed E-state index contributed by atoms with van der Waals surface area (Å²) in [5.41, 5.74) is 4.64. The number of benzene rings is 2. The minimum atomic E-state index is -3.84. The zero-order chi connectivity index (χ0) is 18.7.